The number of carbonyl (C=O) groups is 2. The van der Waals surface area contributed by atoms with Gasteiger partial charge in [0.1, 0.15) is 5.75 Å². The second kappa shape index (κ2) is 10.6. The molecule has 1 N–H and O–H groups in total. The first-order chi connectivity index (χ1) is 14.5. The molecule has 9 heteroatoms. The van der Waals surface area contributed by atoms with E-state index >= 15 is 0 Å². The monoisotopic (exact) mass is 537 g/mol. The van der Waals surface area contributed by atoms with E-state index in [2.05, 4.69) is 52.0 Å². The summed E-state index contributed by atoms with van der Waals surface area (Å²) in [4.78, 5) is 25.9. The lowest BCUT2D eigenvalue weighted by molar-refractivity contribution is -0.142. The van der Waals surface area contributed by atoms with Crippen LogP contribution in [0, 0.1) is 0 Å². The van der Waals surface area contributed by atoms with E-state index in [9.17, 15) is 9.59 Å². The Morgan fingerprint density at radius 2 is 1.77 bits per heavy atom. The van der Waals surface area contributed by atoms with Gasteiger partial charge in [-0.1, -0.05) is 0 Å². The fourth-order valence-corrected chi connectivity index (χ4v) is 4.46. The second-order valence-corrected chi connectivity index (χ2v) is 8.33. The smallest absolute Gasteiger partial charge is 0.343 e. The quantitative estimate of drug-likeness (QED) is 0.326. The predicted octanol–water partition coefficient (Wildman–Crippen LogP) is 4.13. The standard InChI is InChI=1S/C21H21Br2N3O4/c1-29-19(27)13-30-20-17(22)10-14(11-18(20)23)12-24-25-21(28)15-4-6-16(7-5-15)26-8-2-3-9-26/h4-7,10-12H,2-3,8-9,13H2,1H3,(H,25,28)/b24-12-. The van der Waals surface area contributed by atoms with E-state index in [1.54, 1.807) is 24.3 Å². The maximum Gasteiger partial charge on any atom is 0.343 e. The number of nitrogens with zero attached hydrogens (tertiary/aromatic N) is 2. The minimum Gasteiger partial charge on any atom is -0.480 e. The van der Waals surface area contributed by atoms with Crippen molar-refractivity contribution in [3.05, 3.63) is 56.5 Å². The largest absolute Gasteiger partial charge is 0.480 e. The van der Waals surface area contributed by atoms with E-state index in [4.69, 9.17) is 4.74 Å². The van der Waals surface area contributed by atoms with Crippen LogP contribution in [0.2, 0.25) is 0 Å². The van der Waals surface area contributed by atoms with Gasteiger partial charge in [-0.05, 0) is 86.7 Å². The van der Waals surface area contributed by atoms with Crippen molar-refractivity contribution < 1.29 is 19.1 Å². The number of esters is 1. The molecule has 0 bridgehead atoms. The molecule has 1 heterocycles. The van der Waals surface area contributed by atoms with Crippen LogP contribution in [0.15, 0.2) is 50.4 Å². The summed E-state index contributed by atoms with van der Waals surface area (Å²) >= 11 is 6.80. The molecule has 7 nitrogen and oxygen atoms in total. The molecule has 2 aromatic carbocycles. The van der Waals surface area contributed by atoms with Gasteiger partial charge in [-0.15, -0.1) is 0 Å². The molecule has 0 radical (unpaired) electrons. The lowest BCUT2D eigenvalue weighted by Gasteiger charge is -2.17. The SMILES string of the molecule is COC(=O)COc1c(Br)cc(/C=N\NC(=O)c2ccc(N3CCCC3)cc2)cc1Br. The highest BCUT2D eigenvalue weighted by Gasteiger charge is 2.13. The Labute approximate surface area is 191 Å². The van der Waals surface area contributed by atoms with Crippen molar-refractivity contribution in [3.8, 4) is 5.75 Å². The molecule has 0 aliphatic carbocycles. The molecule has 1 aliphatic heterocycles. The van der Waals surface area contributed by atoms with E-state index in [-0.39, 0.29) is 12.5 Å². The van der Waals surface area contributed by atoms with Crippen molar-refractivity contribution in [2.45, 2.75) is 12.8 Å². The van der Waals surface area contributed by atoms with E-state index < -0.39 is 5.97 Å². The second-order valence-electron chi connectivity index (χ2n) is 6.62. The Morgan fingerprint density at radius 1 is 1.13 bits per heavy atom. The number of hydrogen-bond acceptors (Lipinski definition) is 6. The lowest BCUT2D eigenvalue weighted by atomic mass is 10.2. The van der Waals surface area contributed by atoms with Gasteiger partial charge in [0.15, 0.2) is 6.61 Å². The summed E-state index contributed by atoms with van der Waals surface area (Å²) in [5.41, 5.74) is 4.94. The van der Waals surface area contributed by atoms with Crippen LogP contribution in [0.25, 0.3) is 0 Å². The number of rotatable bonds is 7. The highest BCUT2D eigenvalue weighted by Crippen LogP contribution is 2.34. The molecule has 0 saturated carbocycles. The number of benzene rings is 2. The maximum atomic E-state index is 12.3. The molecule has 2 aromatic rings. The molecule has 1 aliphatic rings. The van der Waals surface area contributed by atoms with Crippen molar-refractivity contribution in [1.29, 1.82) is 0 Å². The van der Waals surface area contributed by atoms with E-state index in [0.717, 1.165) is 24.3 Å². The van der Waals surface area contributed by atoms with Crippen molar-refractivity contribution in [1.82, 2.24) is 5.43 Å². The molecule has 0 unspecified atom stereocenters. The lowest BCUT2D eigenvalue weighted by Crippen LogP contribution is -2.19. The van der Waals surface area contributed by atoms with Gasteiger partial charge in [-0.3, -0.25) is 4.79 Å². The summed E-state index contributed by atoms with van der Waals surface area (Å²) in [6, 6.07) is 11.1. The number of anilines is 1. The molecule has 3 rings (SSSR count). The Kier molecular flexibility index (Phi) is 7.87. The summed E-state index contributed by atoms with van der Waals surface area (Å²) in [6.45, 7) is 1.93. The van der Waals surface area contributed by atoms with Gasteiger partial charge in [-0.25, -0.2) is 10.2 Å². The summed E-state index contributed by atoms with van der Waals surface area (Å²) in [6.07, 6.45) is 3.94. The third kappa shape index (κ3) is 5.82. The highest BCUT2D eigenvalue weighted by molar-refractivity contribution is 9.11. The Balaban J connectivity index is 1.59. The van der Waals surface area contributed by atoms with E-state index in [1.165, 1.54) is 26.2 Å². The van der Waals surface area contributed by atoms with Crippen LogP contribution in [0.4, 0.5) is 5.69 Å². The molecule has 1 amide bonds. The Hall–Kier alpha value is -2.39. The molecule has 158 valence electrons. The van der Waals surface area contributed by atoms with Crippen LogP contribution in [0.3, 0.4) is 0 Å². The number of nitrogens with one attached hydrogen (secondary N) is 1. The molecule has 0 spiro atoms. The van der Waals surface area contributed by atoms with E-state index in [0.29, 0.717) is 20.3 Å². The average molecular weight is 539 g/mol. The Morgan fingerprint density at radius 3 is 2.37 bits per heavy atom. The van der Waals surface area contributed by atoms with Gasteiger partial charge in [0.2, 0.25) is 0 Å². The number of carbonyl (C=O) groups excluding carboxylic acids is 2. The van der Waals surface area contributed by atoms with Crippen molar-refractivity contribution in [2.75, 3.05) is 31.7 Å². The summed E-state index contributed by atoms with van der Waals surface area (Å²) in [7, 11) is 1.30. The zero-order valence-corrected chi connectivity index (χ0v) is 19.5. The molecule has 0 atom stereocenters. The number of hydrazone groups is 1. The number of halogens is 2. The summed E-state index contributed by atoms with van der Waals surface area (Å²) in [5, 5.41) is 4.03. The van der Waals surface area contributed by atoms with Gasteiger partial charge in [0.25, 0.3) is 5.91 Å². The van der Waals surface area contributed by atoms with Crippen molar-refractivity contribution in [2.24, 2.45) is 5.10 Å². The fraction of sp³-hybridized carbons (Fsp3) is 0.286. The zero-order valence-electron chi connectivity index (χ0n) is 16.4. The molecule has 1 saturated heterocycles. The van der Waals surface area contributed by atoms with Crippen LogP contribution in [-0.4, -0.2) is 44.9 Å². The van der Waals surface area contributed by atoms with Gasteiger partial charge >= 0.3 is 5.97 Å². The maximum absolute atomic E-state index is 12.3. The van der Waals surface area contributed by atoms with Crippen LogP contribution in [0.1, 0.15) is 28.8 Å². The average Bonchev–Trinajstić information content (AvgIpc) is 3.28. The predicted molar refractivity (Wildman–Crippen MR) is 122 cm³/mol. The molecular formula is C21H21Br2N3O4. The normalized spacial score (nSPS) is 13.5. The molecular weight excluding hydrogens is 518 g/mol. The number of ether oxygens (including phenoxy) is 2. The number of amides is 1. The minimum absolute atomic E-state index is 0.201. The van der Waals surface area contributed by atoms with Gasteiger partial charge in [0.05, 0.1) is 22.3 Å². The first kappa shape index (κ1) is 22.3. The first-order valence-electron chi connectivity index (χ1n) is 9.35. The molecule has 30 heavy (non-hydrogen) atoms. The first-order valence-corrected chi connectivity index (χ1v) is 10.9. The third-order valence-corrected chi connectivity index (χ3v) is 5.74. The van der Waals surface area contributed by atoms with Gasteiger partial charge in [0, 0.05) is 24.3 Å². The summed E-state index contributed by atoms with van der Waals surface area (Å²) < 4.78 is 11.3. The van der Waals surface area contributed by atoms with Gasteiger partial charge < -0.3 is 14.4 Å². The fourth-order valence-electron chi connectivity index (χ4n) is 3.01. The number of methoxy groups -OCH3 is 1. The van der Waals surface area contributed by atoms with E-state index in [1.807, 2.05) is 12.1 Å². The van der Waals surface area contributed by atoms with Crippen LogP contribution >= 0.6 is 31.9 Å². The minimum atomic E-state index is -0.476. The Bertz CT molecular complexity index is 919. The van der Waals surface area contributed by atoms with Crippen molar-refractivity contribution >= 4 is 55.6 Å². The topological polar surface area (TPSA) is 80.2 Å². The summed E-state index contributed by atoms with van der Waals surface area (Å²) in [5.74, 6) is -0.286. The van der Waals surface area contributed by atoms with Crippen LogP contribution in [0.5, 0.6) is 5.75 Å². The van der Waals surface area contributed by atoms with Crippen molar-refractivity contribution in [3.63, 3.8) is 0 Å². The highest BCUT2D eigenvalue weighted by atomic mass is 79.9. The van der Waals surface area contributed by atoms with Crippen LogP contribution in [-0.2, 0) is 9.53 Å². The zero-order chi connectivity index (χ0) is 21.5. The molecule has 1 fully saturated rings. The van der Waals surface area contributed by atoms with Gasteiger partial charge in [-0.2, -0.15) is 5.10 Å². The third-order valence-electron chi connectivity index (χ3n) is 4.56. The van der Waals surface area contributed by atoms with Crippen LogP contribution < -0.4 is 15.1 Å². The number of hydrogen-bond donors (Lipinski definition) is 1. The molecule has 0 aromatic heterocycles.